The number of aliphatic imine (C=N–C) groups is 1. The van der Waals surface area contributed by atoms with Crippen molar-refractivity contribution in [1.82, 2.24) is 4.90 Å². The molecule has 1 aliphatic carbocycles. The SMILES string of the molecule is C[C@@H]1CCCC[C@H]1N1C(=O)/C(=C/c2ccc(OCc3ccccc3Cl)cc2)SC1=Nc1ccccc1. The number of halogens is 1. The normalized spacial score (nSPS) is 22.4. The highest BCUT2D eigenvalue weighted by Crippen LogP contribution is 2.40. The van der Waals surface area contributed by atoms with Gasteiger partial charge in [-0.05, 0) is 72.5 Å². The molecule has 0 unspecified atom stereocenters. The maximum absolute atomic E-state index is 13.6. The van der Waals surface area contributed by atoms with Crippen molar-refractivity contribution in [2.24, 2.45) is 10.9 Å². The van der Waals surface area contributed by atoms with E-state index < -0.39 is 0 Å². The minimum atomic E-state index is 0.0486. The summed E-state index contributed by atoms with van der Waals surface area (Å²) in [5.74, 6) is 1.26. The Kier molecular flexibility index (Phi) is 7.78. The zero-order valence-electron chi connectivity index (χ0n) is 20.3. The lowest BCUT2D eigenvalue weighted by molar-refractivity contribution is -0.124. The van der Waals surface area contributed by atoms with Gasteiger partial charge in [-0.3, -0.25) is 9.69 Å². The molecule has 0 aromatic heterocycles. The molecule has 3 aromatic carbocycles. The fraction of sp³-hybridized carbons (Fsp3) is 0.267. The van der Waals surface area contributed by atoms with E-state index in [9.17, 15) is 4.79 Å². The van der Waals surface area contributed by atoms with Crippen molar-refractivity contribution in [3.05, 3.63) is 99.9 Å². The van der Waals surface area contributed by atoms with Crippen molar-refractivity contribution in [3.63, 3.8) is 0 Å². The quantitative estimate of drug-likeness (QED) is 0.311. The first-order valence-electron chi connectivity index (χ1n) is 12.4. The molecule has 184 valence electrons. The molecule has 0 radical (unpaired) electrons. The maximum Gasteiger partial charge on any atom is 0.267 e. The highest BCUT2D eigenvalue weighted by atomic mass is 35.5. The fourth-order valence-electron chi connectivity index (χ4n) is 4.74. The zero-order chi connectivity index (χ0) is 24.9. The number of carbonyl (C=O) groups is 1. The minimum absolute atomic E-state index is 0.0486. The van der Waals surface area contributed by atoms with Gasteiger partial charge in [0.2, 0.25) is 0 Å². The van der Waals surface area contributed by atoms with Crippen LogP contribution in [0.15, 0.2) is 88.8 Å². The second kappa shape index (κ2) is 11.4. The van der Waals surface area contributed by atoms with Crippen molar-refractivity contribution in [2.75, 3.05) is 0 Å². The second-order valence-electron chi connectivity index (χ2n) is 9.29. The summed E-state index contributed by atoms with van der Waals surface area (Å²) >= 11 is 7.70. The Balaban J connectivity index is 1.36. The van der Waals surface area contributed by atoms with Crippen LogP contribution in [-0.2, 0) is 11.4 Å². The lowest BCUT2D eigenvalue weighted by atomic mass is 9.85. The number of hydrogen-bond donors (Lipinski definition) is 0. The highest BCUT2D eigenvalue weighted by molar-refractivity contribution is 8.18. The van der Waals surface area contributed by atoms with Gasteiger partial charge < -0.3 is 4.74 Å². The molecule has 36 heavy (non-hydrogen) atoms. The van der Waals surface area contributed by atoms with Crippen molar-refractivity contribution in [2.45, 2.75) is 45.3 Å². The Bertz CT molecular complexity index is 1270. The summed E-state index contributed by atoms with van der Waals surface area (Å²) in [6.07, 6.45) is 6.50. The Morgan fingerprint density at radius 3 is 2.47 bits per heavy atom. The molecule has 1 heterocycles. The number of amidine groups is 1. The van der Waals surface area contributed by atoms with Gasteiger partial charge in [-0.15, -0.1) is 0 Å². The van der Waals surface area contributed by atoms with Gasteiger partial charge in [0.15, 0.2) is 5.17 Å². The standard InChI is InChI=1S/C30H29ClN2O2S/c1-21-9-5-8-14-27(21)33-29(34)28(36-30(33)32-24-11-3-2-4-12-24)19-22-15-17-25(18-16-22)35-20-23-10-6-7-13-26(23)31/h2-4,6-7,10-13,15-19,21,27H,5,8-9,14,20H2,1H3/b28-19-,32-30?/t21-,27-/m1/s1. The van der Waals surface area contributed by atoms with Gasteiger partial charge in [0.05, 0.1) is 10.6 Å². The van der Waals surface area contributed by atoms with Gasteiger partial charge >= 0.3 is 0 Å². The number of amides is 1. The average Bonchev–Trinajstić information content (AvgIpc) is 3.19. The third-order valence-corrected chi connectivity index (χ3v) is 8.10. The summed E-state index contributed by atoms with van der Waals surface area (Å²) in [5, 5.41) is 1.47. The molecular formula is C30H29ClN2O2S. The molecule has 6 heteroatoms. The molecule has 2 aliphatic rings. The van der Waals surface area contributed by atoms with Crippen LogP contribution in [0.2, 0.25) is 5.02 Å². The largest absolute Gasteiger partial charge is 0.489 e. The van der Waals surface area contributed by atoms with Crippen molar-refractivity contribution in [1.29, 1.82) is 0 Å². The third kappa shape index (κ3) is 5.69. The number of hydrogen-bond acceptors (Lipinski definition) is 4. The lowest BCUT2D eigenvalue weighted by Gasteiger charge is -2.35. The molecule has 5 rings (SSSR count). The summed E-state index contributed by atoms with van der Waals surface area (Å²) in [6, 6.07) is 25.5. The Morgan fingerprint density at radius 1 is 1.00 bits per heavy atom. The van der Waals surface area contributed by atoms with Gasteiger partial charge in [0, 0.05) is 16.6 Å². The van der Waals surface area contributed by atoms with Gasteiger partial charge in [-0.2, -0.15) is 0 Å². The molecule has 2 fully saturated rings. The number of ether oxygens (including phenoxy) is 1. The Hall–Kier alpha value is -3.02. The van der Waals surface area contributed by atoms with E-state index in [1.54, 1.807) is 0 Å². The second-order valence-corrected chi connectivity index (χ2v) is 10.7. The van der Waals surface area contributed by atoms with Gasteiger partial charge in [0.1, 0.15) is 12.4 Å². The minimum Gasteiger partial charge on any atom is -0.489 e. The summed E-state index contributed by atoms with van der Waals surface area (Å²) in [7, 11) is 0. The Morgan fingerprint density at radius 2 is 1.72 bits per heavy atom. The van der Waals surface area contributed by atoms with Crippen molar-refractivity contribution < 1.29 is 9.53 Å². The topological polar surface area (TPSA) is 41.9 Å². The molecule has 4 nitrogen and oxygen atoms in total. The summed E-state index contributed by atoms with van der Waals surface area (Å²) < 4.78 is 5.91. The number of nitrogens with zero attached hydrogens (tertiary/aromatic N) is 2. The molecule has 1 amide bonds. The first-order chi connectivity index (χ1) is 17.6. The average molecular weight is 517 g/mol. The van der Waals surface area contributed by atoms with Crippen LogP contribution in [0.25, 0.3) is 6.08 Å². The van der Waals surface area contributed by atoms with Crippen LogP contribution in [0.3, 0.4) is 0 Å². The van der Waals surface area contributed by atoms with Crippen LogP contribution < -0.4 is 4.74 Å². The van der Waals surface area contributed by atoms with E-state index in [2.05, 4.69) is 6.92 Å². The van der Waals surface area contributed by atoms with Crippen LogP contribution in [-0.4, -0.2) is 22.0 Å². The molecule has 0 N–H and O–H groups in total. The summed E-state index contributed by atoms with van der Waals surface area (Å²) in [5.41, 5.74) is 2.76. The molecule has 1 saturated heterocycles. The van der Waals surface area contributed by atoms with E-state index in [-0.39, 0.29) is 11.9 Å². The Labute approximate surface area is 222 Å². The molecule has 0 bridgehead atoms. The van der Waals surface area contributed by atoms with Crippen LogP contribution in [0.4, 0.5) is 5.69 Å². The number of benzene rings is 3. The molecular weight excluding hydrogens is 488 g/mol. The predicted octanol–water partition coefficient (Wildman–Crippen LogP) is 8.10. The van der Waals surface area contributed by atoms with Crippen LogP contribution in [0.1, 0.15) is 43.7 Å². The third-order valence-electron chi connectivity index (χ3n) is 6.75. The van der Waals surface area contributed by atoms with Gasteiger partial charge in [-0.1, -0.05) is 79.9 Å². The van der Waals surface area contributed by atoms with Crippen molar-refractivity contribution >= 4 is 46.2 Å². The zero-order valence-corrected chi connectivity index (χ0v) is 21.8. The molecule has 2 atom stereocenters. The van der Waals surface area contributed by atoms with Crippen LogP contribution in [0, 0.1) is 5.92 Å². The highest BCUT2D eigenvalue weighted by Gasteiger charge is 2.41. The van der Waals surface area contributed by atoms with E-state index >= 15 is 0 Å². The van der Waals surface area contributed by atoms with E-state index in [1.807, 2.05) is 89.8 Å². The van der Waals surface area contributed by atoms with E-state index in [1.165, 1.54) is 18.2 Å². The van der Waals surface area contributed by atoms with Gasteiger partial charge in [0.25, 0.3) is 5.91 Å². The molecule has 1 saturated carbocycles. The monoisotopic (exact) mass is 516 g/mol. The van der Waals surface area contributed by atoms with Gasteiger partial charge in [-0.25, -0.2) is 4.99 Å². The van der Waals surface area contributed by atoms with Crippen LogP contribution >= 0.6 is 23.4 Å². The van der Waals surface area contributed by atoms with E-state index in [0.717, 1.165) is 47.0 Å². The number of carbonyl (C=O) groups excluding carboxylic acids is 1. The summed E-state index contributed by atoms with van der Waals surface area (Å²) in [6.45, 7) is 2.66. The fourth-order valence-corrected chi connectivity index (χ4v) is 5.97. The van der Waals surface area contributed by atoms with Crippen molar-refractivity contribution in [3.8, 4) is 5.75 Å². The molecule has 3 aromatic rings. The first kappa shape index (κ1) is 24.7. The number of para-hydroxylation sites is 1. The smallest absolute Gasteiger partial charge is 0.267 e. The molecule has 0 spiro atoms. The van der Waals surface area contributed by atoms with Crippen LogP contribution in [0.5, 0.6) is 5.75 Å². The van der Waals surface area contributed by atoms with E-state index in [0.29, 0.717) is 22.5 Å². The maximum atomic E-state index is 13.6. The number of thioether (sulfide) groups is 1. The lowest BCUT2D eigenvalue weighted by Crippen LogP contribution is -2.44. The molecule has 1 aliphatic heterocycles. The summed E-state index contributed by atoms with van der Waals surface area (Å²) in [4.78, 5) is 21.2. The first-order valence-corrected chi connectivity index (χ1v) is 13.6. The van der Waals surface area contributed by atoms with E-state index in [4.69, 9.17) is 21.3 Å². The predicted molar refractivity (Wildman–Crippen MR) is 150 cm³/mol. The number of rotatable bonds is 6.